The van der Waals surface area contributed by atoms with Crippen molar-refractivity contribution in [3.63, 3.8) is 0 Å². The molecule has 1 atom stereocenters. The summed E-state index contributed by atoms with van der Waals surface area (Å²) in [6.45, 7) is 3.44. The third kappa shape index (κ3) is 6.18. The van der Waals surface area contributed by atoms with Gasteiger partial charge in [-0.05, 0) is 60.1 Å². The van der Waals surface area contributed by atoms with Crippen LogP contribution < -0.4 is 4.72 Å². The summed E-state index contributed by atoms with van der Waals surface area (Å²) in [5.74, 6) is 0. The molecule has 0 spiro atoms. The summed E-state index contributed by atoms with van der Waals surface area (Å²) in [6, 6.07) is 8.16. The normalized spacial score (nSPS) is 19.0. The lowest BCUT2D eigenvalue weighted by atomic mass is 9.86. The number of alkyl halides is 3. The van der Waals surface area contributed by atoms with E-state index >= 15 is 0 Å². The molecule has 0 bridgehead atoms. The fraction of sp³-hybridized carbons (Fsp3) is 0.350. The third-order valence-corrected chi connectivity index (χ3v) is 9.13. The van der Waals surface area contributed by atoms with Crippen LogP contribution in [0.15, 0.2) is 50.9 Å². The Morgan fingerprint density at radius 1 is 1.21 bits per heavy atom. The van der Waals surface area contributed by atoms with Gasteiger partial charge in [0.2, 0.25) is 10.0 Å². The van der Waals surface area contributed by atoms with Gasteiger partial charge in [-0.3, -0.25) is 0 Å². The smallest absolute Gasteiger partial charge is 0.374 e. The Morgan fingerprint density at radius 2 is 1.85 bits per heavy atom. The van der Waals surface area contributed by atoms with Crippen LogP contribution in [0.25, 0.3) is 0 Å². The van der Waals surface area contributed by atoms with E-state index in [0.29, 0.717) is 14.9 Å². The van der Waals surface area contributed by atoms with Gasteiger partial charge in [-0.1, -0.05) is 34.4 Å². The van der Waals surface area contributed by atoms with Gasteiger partial charge in [-0.25, -0.2) is 13.1 Å². The zero-order valence-corrected chi connectivity index (χ0v) is 21.9. The molecule has 2 aromatic carbocycles. The van der Waals surface area contributed by atoms with Gasteiger partial charge in [-0.15, -0.1) is 11.8 Å². The van der Waals surface area contributed by atoms with Crippen molar-refractivity contribution in [3.8, 4) is 0 Å². The van der Waals surface area contributed by atoms with Crippen LogP contribution in [0.4, 0.5) is 13.2 Å². The van der Waals surface area contributed by atoms with E-state index in [2.05, 4.69) is 25.8 Å². The van der Waals surface area contributed by atoms with Crippen LogP contribution in [0.5, 0.6) is 0 Å². The summed E-state index contributed by atoms with van der Waals surface area (Å²) >= 11 is 16.3. The van der Waals surface area contributed by atoms with E-state index in [-0.39, 0.29) is 32.4 Å². The maximum Gasteiger partial charge on any atom is 0.435 e. The predicted octanol–water partition coefficient (Wildman–Crippen LogP) is 6.72. The molecule has 33 heavy (non-hydrogen) atoms. The van der Waals surface area contributed by atoms with Crippen LogP contribution in [0.1, 0.15) is 31.4 Å². The number of sulfonamides is 1. The number of hydrogen-bond donors (Lipinski definition) is 1. The summed E-state index contributed by atoms with van der Waals surface area (Å²) in [5.41, 5.74) is -2.50. The van der Waals surface area contributed by atoms with E-state index in [4.69, 9.17) is 28.0 Å². The molecule has 1 aliphatic rings. The molecule has 0 amide bonds. The van der Waals surface area contributed by atoms with Crippen LogP contribution >= 0.6 is 50.9 Å². The molecule has 0 fully saturated rings. The minimum absolute atomic E-state index is 0.0456. The second-order valence-electron chi connectivity index (χ2n) is 7.58. The Bertz CT molecular complexity index is 1170. The van der Waals surface area contributed by atoms with Crippen molar-refractivity contribution in [2.45, 2.75) is 43.0 Å². The van der Waals surface area contributed by atoms with Crippen molar-refractivity contribution < 1.29 is 26.4 Å². The molecule has 0 radical (unpaired) electrons. The van der Waals surface area contributed by atoms with Crippen LogP contribution in [-0.4, -0.2) is 31.4 Å². The maximum atomic E-state index is 14.1. The van der Waals surface area contributed by atoms with Gasteiger partial charge in [0.15, 0.2) is 0 Å². The van der Waals surface area contributed by atoms with Crippen molar-refractivity contribution in [2.75, 3.05) is 5.08 Å². The van der Waals surface area contributed by atoms with E-state index < -0.39 is 28.2 Å². The Kier molecular flexibility index (Phi) is 8.02. The lowest BCUT2D eigenvalue weighted by Gasteiger charge is -2.29. The number of oxime groups is 1. The Labute approximate surface area is 212 Å². The molecule has 3 rings (SSSR count). The monoisotopic (exact) mass is 604 g/mol. The molecular weight excluding hydrogens is 588 g/mol. The highest BCUT2D eigenvalue weighted by Crippen LogP contribution is 2.50. The fourth-order valence-electron chi connectivity index (χ4n) is 3.18. The van der Waals surface area contributed by atoms with E-state index in [9.17, 15) is 21.6 Å². The van der Waals surface area contributed by atoms with Crippen LogP contribution in [0.3, 0.4) is 0 Å². The summed E-state index contributed by atoms with van der Waals surface area (Å²) in [4.78, 5) is 5.61. The Balaban J connectivity index is 1.84. The summed E-state index contributed by atoms with van der Waals surface area (Å²) in [5, 5.41) is 3.61. The Hall–Kier alpha value is -0.980. The molecule has 2 aromatic rings. The largest absolute Gasteiger partial charge is 0.435 e. The second kappa shape index (κ2) is 9.94. The molecule has 1 heterocycles. The zero-order chi connectivity index (χ0) is 24.6. The first-order valence-electron chi connectivity index (χ1n) is 9.43. The van der Waals surface area contributed by atoms with Gasteiger partial charge in [0.25, 0.3) is 5.60 Å². The van der Waals surface area contributed by atoms with Gasteiger partial charge >= 0.3 is 6.18 Å². The molecule has 13 heteroatoms. The van der Waals surface area contributed by atoms with Crippen LogP contribution in [-0.2, 0) is 20.5 Å². The number of nitrogens with zero attached hydrogens (tertiary/aromatic N) is 1. The molecule has 0 aromatic heterocycles. The highest BCUT2D eigenvalue weighted by molar-refractivity contribution is 9.10. The fourth-order valence-corrected chi connectivity index (χ4v) is 6.91. The first-order chi connectivity index (χ1) is 15.2. The molecule has 180 valence electrons. The van der Waals surface area contributed by atoms with Gasteiger partial charge in [0.1, 0.15) is 5.08 Å². The van der Waals surface area contributed by atoms with Crippen molar-refractivity contribution in [1.82, 2.24) is 4.72 Å². The second-order valence-corrected chi connectivity index (χ2v) is 12.4. The van der Waals surface area contributed by atoms with Crippen molar-refractivity contribution in [3.05, 3.63) is 62.0 Å². The standard InChI is InChI=1S/C20H18BrCl2F3N2O3S2/c1-11(2)28-33(29,30)10-32-18-4-3-12(5-16(18)21)17-9-19(31-27-17,20(24,25)26)13-6-14(22)8-15(23)7-13/h3-8,11,28H,9-10H2,1-2H3. The van der Waals surface area contributed by atoms with Gasteiger partial charge in [0.05, 0.1) is 5.71 Å². The third-order valence-electron chi connectivity index (χ3n) is 4.56. The maximum absolute atomic E-state index is 14.1. The van der Waals surface area contributed by atoms with Crippen molar-refractivity contribution in [2.24, 2.45) is 5.16 Å². The number of nitrogens with one attached hydrogen (secondary N) is 1. The lowest BCUT2D eigenvalue weighted by molar-refractivity contribution is -0.275. The van der Waals surface area contributed by atoms with Crippen LogP contribution in [0, 0.1) is 0 Å². The number of halogens is 6. The SMILES string of the molecule is CC(C)NS(=O)(=O)CSc1ccc(C2=NOC(c3cc(Cl)cc(Cl)c3)(C(F)(F)F)C2)cc1Br. The molecular formula is C20H18BrCl2F3N2O3S2. The minimum atomic E-state index is -4.79. The molecule has 1 unspecified atom stereocenters. The first kappa shape index (κ1) is 26.6. The van der Waals surface area contributed by atoms with Gasteiger partial charge in [0, 0.05) is 43.0 Å². The van der Waals surface area contributed by atoms with Crippen molar-refractivity contribution >= 4 is 66.6 Å². The summed E-state index contributed by atoms with van der Waals surface area (Å²) < 4.78 is 69.5. The van der Waals surface area contributed by atoms with Crippen LogP contribution in [0.2, 0.25) is 10.0 Å². The molecule has 1 N–H and O–H groups in total. The lowest BCUT2D eigenvalue weighted by Crippen LogP contribution is -2.42. The zero-order valence-electron chi connectivity index (χ0n) is 17.2. The predicted molar refractivity (Wildman–Crippen MR) is 128 cm³/mol. The molecule has 0 saturated heterocycles. The number of rotatable bonds is 7. The van der Waals surface area contributed by atoms with Crippen molar-refractivity contribution in [1.29, 1.82) is 0 Å². The number of thioether (sulfide) groups is 1. The molecule has 0 saturated carbocycles. The average molecular weight is 606 g/mol. The van der Waals surface area contributed by atoms with E-state index in [0.717, 1.165) is 23.9 Å². The number of hydrogen-bond acceptors (Lipinski definition) is 5. The Morgan fingerprint density at radius 3 is 2.39 bits per heavy atom. The quantitative estimate of drug-likeness (QED) is 0.356. The molecule has 1 aliphatic heterocycles. The summed E-state index contributed by atoms with van der Waals surface area (Å²) in [6.07, 6.45) is -5.38. The molecule has 0 aliphatic carbocycles. The van der Waals surface area contributed by atoms with Gasteiger partial charge in [-0.2, -0.15) is 13.2 Å². The molecule has 5 nitrogen and oxygen atoms in total. The summed E-state index contributed by atoms with van der Waals surface area (Å²) in [7, 11) is -3.49. The average Bonchev–Trinajstić information content (AvgIpc) is 3.12. The van der Waals surface area contributed by atoms with Gasteiger partial charge < -0.3 is 4.84 Å². The minimum Gasteiger partial charge on any atom is -0.374 e. The highest BCUT2D eigenvalue weighted by atomic mass is 79.9. The van der Waals surface area contributed by atoms with E-state index in [1.54, 1.807) is 32.0 Å². The number of benzene rings is 2. The topological polar surface area (TPSA) is 67.8 Å². The highest BCUT2D eigenvalue weighted by Gasteiger charge is 2.62. The van der Waals surface area contributed by atoms with E-state index in [1.807, 2.05) is 0 Å². The van der Waals surface area contributed by atoms with E-state index in [1.165, 1.54) is 6.07 Å². The first-order valence-corrected chi connectivity index (χ1v) is 13.6.